The maximum atomic E-state index is 12.9. The molecule has 0 aliphatic heterocycles. The van der Waals surface area contributed by atoms with Gasteiger partial charge in [-0.3, -0.25) is 32.5 Å². The predicted octanol–water partition coefficient (Wildman–Crippen LogP) is 27.0. The molecule has 0 saturated heterocycles. The molecule has 0 aromatic rings. The van der Waals surface area contributed by atoms with Gasteiger partial charge >= 0.3 is 33.6 Å². The zero-order valence-corrected chi connectivity index (χ0v) is 72.1. The van der Waals surface area contributed by atoms with Crippen LogP contribution in [0.2, 0.25) is 0 Å². The van der Waals surface area contributed by atoms with Crippen LogP contribution in [0.5, 0.6) is 0 Å². The second kappa shape index (κ2) is 85.1. The van der Waals surface area contributed by atoms with Crippen LogP contribution in [0.1, 0.15) is 380 Å². The molecule has 4 N–H and O–H groups in total. The van der Waals surface area contributed by atoms with Crippen LogP contribution in [0.25, 0.3) is 0 Å². The lowest BCUT2D eigenvalue weighted by Crippen LogP contribution is -2.30. The van der Waals surface area contributed by atoms with Gasteiger partial charge in [0.15, 0.2) is 6.10 Å². The number of carbonyl (C=O) groups excluding carboxylic acids is 3. The standard InChI is InChI=1S/C93H162O16P2/c1-4-7-10-13-16-19-22-24-26-28-30-32-34-36-38-40-41-42-43-44-45-47-49-50-52-54-56-58-60-62-65-67-70-73-76-79-91(96)103-82-88(94)83-105-110(99,100)106-84-89(95)85-107-111(101,102)108-87-90(109-93(98)81-78-75-72-69-64-21-18-15-12-9-6-3)86-104-92(97)80-77-74-71-68-66-63-61-59-57-55-53-51-48-46-39-37-35-33-31-29-27-25-23-20-17-14-11-8-5-2/h7,10,15-20,24-27,30-33,36-39,41-42,88-90,94-95H,4-6,8-9,11-14,21-23,28-29,34-35,40,43-87H2,1-3H3,(H,99,100)(H,101,102)/b10-7-,18-15-,19-16-,20-17-,26-24-,27-25-,32-30-,33-31-,38-36-,39-37-,42-41-. The first kappa shape index (κ1) is 107. The summed E-state index contributed by atoms with van der Waals surface area (Å²) < 4.78 is 61.2. The summed E-state index contributed by atoms with van der Waals surface area (Å²) in [4.78, 5) is 58.7. The third-order valence-corrected chi connectivity index (χ3v) is 20.7. The van der Waals surface area contributed by atoms with E-state index in [1.807, 2.05) is 0 Å². The number of esters is 3. The molecule has 0 aromatic carbocycles. The van der Waals surface area contributed by atoms with E-state index >= 15 is 0 Å². The number of unbranched alkanes of at least 4 members (excludes halogenated alkanes) is 39. The first-order valence-corrected chi connectivity index (χ1v) is 47.5. The van der Waals surface area contributed by atoms with Crippen molar-refractivity contribution in [1.82, 2.24) is 0 Å². The number of phosphoric ester groups is 2. The first-order valence-electron chi connectivity index (χ1n) is 44.5. The van der Waals surface area contributed by atoms with Gasteiger partial charge < -0.3 is 34.2 Å². The molecule has 0 fully saturated rings. The Bertz CT molecular complexity index is 2550. The van der Waals surface area contributed by atoms with Crippen LogP contribution in [0.3, 0.4) is 0 Å². The van der Waals surface area contributed by atoms with E-state index < -0.39 is 91.5 Å². The van der Waals surface area contributed by atoms with Crippen molar-refractivity contribution >= 4 is 33.6 Å². The lowest BCUT2D eigenvalue weighted by molar-refractivity contribution is -0.161. The Kier molecular flexibility index (Phi) is 81.8. The molecule has 0 aromatic heterocycles. The average Bonchev–Trinajstić information content (AvgIpc) is 0.898. The average molecular weight is 1600 g/mol. The van der Waals surface area contributed by atoms with E-state index in [0.29, 0.717) is 19.3 Å². The second-order valence-electron chi connectivity index (χ2n) is 29.7. The summed E-state index contributed by atoms with van der Waals surface area (Å²) in [7, 11) is -9.79. The topological polar surface area (TPSA) is 231 Å². The van der Waals surface area contributed by atoms with E-state index in [1.165, 1.54) is 180 Å². The van der Waals surface area contributed by atoms with Crippen molar-refractivity contribution in [1.29, 1.82) is 0 Å². The Morgan fingerprint density at radius 2 is 0.486 bits per heavy atom. The maximum Gasteiger partial charge on any atom is 0.472 e. The highest BCUT2D eigenvalue weighted by molar-refractivity contribution is 7.47. The van der Waals surface area contributed by atoms with E-state index in [9.17, 15) is 43.5 Å². The fourth-order valence-electron chi connectivity index (χ4n) is 12.1. The molecule has 18 heteroatoms. The SMILES string of the molecule is CC/C=C\C/C=C\C/C=C\C/C=C\C/C=C\C/C=C\CCCCCCCCCCCCCCCCCCC(=O)OCC(O)COP(=O)(O)OCC(O)COP(=O)(O)OCC(COC(=O)CCCCCCCCCCCCCCC/C=C\C/C=C\C/C=C\C/C=C\CCCCC)OC(=O)CCCCCCC/C=C\CCCC. The molecule has 0 rings (SSSR count). The molecule has 0 aliphatic carbocycles. The van der Waals surface area contributed by atoms with Crippen LogP contribution in [0.15, 0.2) is 134 Å². The molecule has 0 amide bonds. The van der Waals surface area contributed by atoms with Gasteiger partial charge in [0.25, 0.3) is 0 Å². The monoisotopic (exact) mass is 1600 g/mol. The molecular weight excluding hydrogens is 1430 g/mol. The van der Waals surface area contributed by atoms with E-state index in [0.717, 1.165) is 141 Å². The van der Waals surface area contributed by atoms with Crippen LogP contribution >= 0.6 is 15.6 Å². The third-order valence-electron chi connectivity index (χ3n) is 18.8. The molecule has 0 aliphatic rings. The quantitative estimate of drug-likeness (QED) is 0.0146. The number of aliphatic hydroxyl groups excluding tert-OH is 2. The van der Waals surface area contributed by atoms with Gasteiger partial charge in [0.2, 0.25) is 0 Å². The summed E-state index contributed by atoms with van der Waals surface area (Å²) in [6.45, 7) is 2.53. The van der Waals surface area contributed by atoms with Crippen molar-refractivity contribution < 1.29 is 75.8 Å². The Labute approximate surface area is 677 Å². The number of allylic oxidation sites excluding steroid dienone is 22. The molecule has 5 atom stereocenters. The zero-order chi connectivity index (χ0) is 80.8. The fraction of sp³-hybridized carbons (Fsp3) is 0.731. The van der Waals surface area contributed by atoms with Gasteiger partial charge in [0.1, 0.15) is 25.4 Å². The van der Waals surface area contributed by atoms with E-state index in [4.69, 9.17) is 32.3 Å². The molecule has 0 saturated carbocycles. The van der Waals surface area contributed by atoms with Crippen molar-refractivity contribution in [3.8, 4) is 0 Å². The van der Waals surface area contributed by atoms with Gasteiger partial charge in [-0.1, -0.05) is 360 Å². The summed E-state index contributed by atoms with van der Waals surface area (Å²) in [5.41, 5.74) is 0. The van der Waals surface area contributed by atoms with E-state index in [1.54, 1.807) is 0 Å². The van der Waals surface area contributed by atoms with Gasteiger partial charge in [-0.2, -0.15) is 0 Å². The van der Waals surface area contributed by atoms with Crippen molar-refractivity contribution in [2.24, 2.45) is 0 Å². The molecular formula is C93H162O16P2. The van der Waals surface area contributed by atoms with Crippen LogP contribution in [-0.2, 0) is 55.8 Å². The number of ether oxygens (including phenoxy) is 3. The Morgan fingerprint density at radius 3 is 0.793 bits per heavy atom. The van der Waals surface area contributed by atoms with Gasteiger partial charge in [0.05, 0.1) is 26.4 Å². The van der Waals surface area contributed by atoms with Crippen LogP contribution < -0.4 is 0 Å². The highest BCUT2D eigenvalue weighted by atomic mass is 31.2. The third kappa shape index (κ3) is 86.4. The van der Waals surface area contributed by atoms with Crippen LogP contribution in [0, 0.1) is 0 Å². The molecule has 0 heterocycles. The highest BCUT2D eigenvalue weighted by Gasteiger charge is 2.29. The molecule has 111 heavy (non-hydrogen) atoms. The lowest BCUT2D eigenvalue weighted by Gasteiger charge is -2.21. The highest BCUT2D eigenvalue weighted by Crippen LogP contribution is 2.45. The normalized spacial score (nSPS) is 14.5. The second-order valence-corrected chi connectivity index (χ2v) is 32.6. The Hall–Kier alpha value is -4.31. The van der Waals surface area contributed by atoms with Crippen LogP contribution in [-0.4, -0.2) is 95.9 Å². The largest absolute Gasteiger partial charge is 0.472 e. The van der Waals surface area contributed by atoms with E-state index in [2.05, 4.69) is 154 Å². The molecule has 16 nitrogen and oxygen atoms in total. The van der Waals surface area contributed by atoms with Crippen molar-refractivity contribution in [2.45, 2.75) is 399 Å². The number of carbonyl (C=O) groups is 3. The first-order chi connectivity index (χ1) is 54.2. The number of rotatable bonds is 84. The number of phosphoric acid groups is 2. The molecule has 0 bridgehead atoms. The van der Waals surface area contributed by atoms with Gasteiger partial charge in [0, 0.05) is 19.3 Å². The molecule has 0 spiro atoms. The maximum absolute atomic E-state index is 12.9. The summed E-state index contributed by atoms with van der Waals surface area (Å²) >= 11 is 0. The van der Waals surface area contributed by atoms with E-state index in [-0.39, 0.29) is 19.3 Å². The molecule has 5 unspecified atom stereocenters. The van der Waals surface area contributed by atoms with Crippen molar-refractivity contribution in [2.75, 3.05) is 39.6 Å². The zero-order valence-electron chi connectivity index (χ0n) is 70.4. The molecule has 0 radical (unpaired) electrons. The Balaban J connectivity index is 4.34. The van der Waals surface area contributed by atoms with Crippen LogP contribution in [0.4, 0.5) is 0 Å². The summed E-state index contributed by atoms with van der Waals surface area (Å²) in [5, 5.41) is 20.7. The van der Waals surface area contributed by atoms with Crippen molar-refractivity contribution in [3.63, 3.8) is 0 Å². The summed E-state index contributed by atoms with van der Waals surface area (Å²) in [6.07, 6.45) is 105. The minimum atomic E-state index is -4.93. The summed E-state index contributed by atoms with van der Waals surface area (Å²) in [5.74, 6) is -1.57. The number of hydrogen-bond acceptors (Lipinski definition) is 14. The predicted molar refractivity (Wildman–Crippen MR) is 463 cm³/mol. The lowest BCUT2D eigenvalue weighted by atomic mass is 10.0. The Morgan fingerprint density at radius 1 is 0.261 bits per heavy atom. The minimum absolute atomic E-state index is 0.0941. The van der Waals surface area contributed by atoms with Gasteiger partial charge in [-0.25, -0.2) is 9.13 Å². The number of hydrogen-bond donors (Lipinski definition) is 4. The minimum Gasteiger partial charge on any atom is -0.463 e. The molecule has 640 valence electrons. The van der Waals surface area contributed by atoms with Gasteiger partial charge in [-0.15, -0.1) is 0 Å². The fourth-order valence-corrected chi connectivity index (χ4v) is 13.7. The number of aliphatic hydroxyl groups is 2. The smallest absolute Gasteiger partial charge is 0.463 e. The summed E-state index contributed by atoms with van der Waals surface area (Å²) in [6, 6.07) is 0. The van der Waals surface area contributed by atoms with Crippen molar-refractivity contribution in [3.05, 3.63) is 134 Å². The van der Waals surface area contributed by atoms with Gasteiger partial charge in [-0.05, 0) is 135 Å².